The molecule has 3 aromatic rings. The molecule has 4 nitrogen and oxygen atoms in total. The van der Waals surface area contributed by atoms with Crippen molar-refractivity contribution in [2.24, 2.45) is 0 Å². The molecule has 0 spiro atoms. The molecule has 3 rings (SSSR count). The molecule has 0 amide bonds. The molecule has 108 valence electrons. The molecule has 1 aromatic carbocycles. The third kappa shape index (κ3) is 2.59. The van der Waals surface area contributed by atoms with E-state index >= 15 is 0 Å². The molecule has 5 heteroatoms. The quantitative estimate of drug-likeness (QED) is 0.782. The third-order valence-electron chi connectivity index (χ3n) is 3.25. The van der Waals surface area contributed by atoms with Gasteiger partial charge >= 0.3 is 0 Å². The zero-order chi connectivity index (χ0) is 14.8. The third-order valence-corrected chi connectivity index (χ3v) is 3.25. The lowest BCUT2D eigenvalue weighted by molar-refractivity contribution is 0.589. The predicted molar refractivity (Wildman–Crippen MR) is 80.7 cm³/mol. The number of halogens is 1. The molecule has 2 aromatic heterocycles. The molecule has 0 aliphatic rings. The Kier molecular flexibility index (Phi) is 3.56. The van der Waals surface area contributed by atoms with Crippen LogP contribution in [0.2, 0.25) is 0 Å². The van der Waals surface area contributed by atoms with Gasteiger partial charge < -0.3 is 9.73 Å². The lowest BCUT2D eigenvalue weighted by Gasteiger charge is -2.04. The van der Waals surface area contributed by atoms with Crippen molar-refractivity contribution in [2.75, 3.05) is 11.9 Å². The number of nitrogens with one attached hydrogen (secondary N) is 1. The number of hydrogen-bond donors (Lipinski definition) is 1. The van der Waals surface area contributed by atoms with Gasteiger partial charge in [0.1, 0.15) is 11.3 Å². The normalized spacial score (nSPS) is 11.0. The van der Waals surface area contributed by atoms with Crippen molar-refractivity contribution < 1.29 is 8.81 Å². The average molecular weight is 285 g/mol. The van der Waals surface area contributed by atoms with Gasteiger partial charge in [-0.2, -0.15) is 0 Å². The number of anilines is 1. The highest BCUT2D eigenvalue weighted by atomic mass is 19.1. The Hall–Kier alpha value is -2.43. The standard InChI is InChI=1S/C16H16FN3O/c1-3-7-18-16-19-9-12(17)14(20-16)13-8-11-6-4-5-10(2)15(11)21-13/h4-6,8-9H,3,7H2,1-2H3,(H,18,19,20). The summed E-state index contributed by atoms with van der Waals surface area (Å²) in [6.07, 6.45) is 2.11. The van der Waals surface area contributed by atoms with E-state index < -0.39 is 5.82 Å². The molecular formula is C16H16FN3O. The number of fused-ring (bicyclic) bond motifs is 1. The van der Waals surface area contributed by atoms with E-state index in [4.69, 9.17) is 4.42 Å². The van der Waals surface area contributed by atoms with Crippen molar-refractivity contribution in [2.45, 2.75) is 20.3 Å². The smallest absolute Gasteiger partial charge is 0.223 e. The van der Waals surface area contributed by atoms with Crippen LogP contribution in [0.15, 0.2) is 34.9 Å². The minimum Gasteiger partial charge on any atom is -0.454 e. The topological polar surface area (TPSA) is 51.0 Å². The van der Waals surface area contributed by atoms with E-state index in [-0.39, 0.29) is 5.69 Å². The first-order valence-electron chi connectivity index (χ1n) is 6.95. The van der Waals surface area contributed by atoms with Crippen molar-refractivity contribution in [3.63, 3.8) is 0 Å². The van der Waals surface area contributed by atoms with Gasteiger partial charge in [0.25, 0.3) is 0 Å². The molecule has 0 aliphatic carbocycles. The molecule has 0 radical (unpaired) electrons. The molecule has 0 bridgehead atoms. The van der Waals surface area contributed by atoms with Gasteiger partial charge in [-0.15, -0.1) is 0 Å². The number of nitrogens with zero attached hydrogens (tertiary/aromatic N) is 2. The highest BCUT2D eigenvalue weighted by molar-refractivity contribution is 5.84. The number of aromatic nitrogens is 2. The van der Waals surface area contributed by atoms with Crippen molar-refractivity contribution in [3.8, 4) is 11.5 Å². The molecule has 0 saturated carbocycles. The van der Waals surface area contributed by atoms with Crippen LogP contribution in [0.4, 0.5) is 10.3 Å². The molecule has 0 unspecified atom stereocenters. The minimum absolute atomic E-state index is 0.180. The van der Waals surface area contributed by atoms with Crippen LogP contribution < -0.4 is 5.32 Å². The van der Waals surface area contributed by atoms with Crippen LogP contribution in [-0.4, -0.2) is 16.5 Å². The molecule has 2 heterocycles. The summed E-state index contributed by atoms with van der Waals surface area (Å²) >= 11 is 0. The fourth-order valence-corrected chi connectivity index (χ4v) is 2.19. The van der Waals surface area contributed by atoms with Crippen molar-refractivity contribution in [3.05, 3.63) is 41.8 Å². The van der Waals surface area contributed by atoms with Crippen LogP contribution in [-0.2, 0) is 0 Å². The number of benzene rings is 1. The Labute approximate surface area is 122 Å². The van der Waals surface area contributed by atoms with Gasteiger partial charge in [-0.1, -0.05) is 25.1 Å². The number of aryl methyl sites for hydroxylation is 1. The molecule has 1 N–H and O–H groups in total. The summed E-state index contributed by atoms with van der Waals surface area (Å²) in [5.41, 5.74) is 1.95. The largest absolute Gasteiger partial charge is 0.454 e. The van der Waals surface area contributed by atoms with Gasteiger partial charge in [-0.05, 0) is 25.0 Å². The predicted octanol–water partition coefficient (Wildman–Crippen LogP) is 4.16. The zero-order valence-electron chi connectivity index (χ0n) is 12.0. The van der Waals surface area contributed by atoms with E-state index in [0.717, 1.165) is 29.5 Å². The van der Waals surface area contributed by atoms with Gasteiger partial charge in [-0.25, -0.2) is 14.4 Å². The molecule has 21 heavy (non-hydrogen) atoms. The fourth-order valence-electron chi connectivity index (χ4n) is 2.19. The summed E-state index contributed by atoms with van der Waals surface area (Å²) in [4.78, 5) is 8.15. The van der Waals surface area contributed by atoms with E-state index in [1.165, 1.54) is 6.20 Å². The first-order valence-corrected chi connectivity index (χ1v) is 6.95. The Bertz CT molecular complexity index is 782. The van der Waals surface area contributed by atoms with Crippen LogP contribution in [0.5, 0.6) is 0 Å². The van der Waals surface area contributed by atoms with E-state index in [2.05, 4.69) is 15.3 Å². The Balaban J connectivity index is 2.06. The van der Waals surface area contributed by atoms with E-state index in [1.54, 1.807) is 6.07 Å². The monoisotopic (exact) mass is 285 g/mol. The SMILES string of the molecule is CCCNc1ncc(F)c(-c2cc3cccc(C)c3o2)n1. The van der Waals surface area contributed by atoms with E-state index in [0.29, 0.717) is 11.7 Å². The summed E-state index contributed by atoms with van der Waals surface area (Å²) in [7, 11) is 0. The van der Waals surface area contributed by atoms with Gasteiger partial charge in [0.2, 0.25) is 5.95 Å². The van der Waals surface area contributed by atoms with Crippen LogP contribution in [0.3, 0.4) is 0 Å². The van der Waals surface area contributed by atoms with Gasteiger partial charge in [0, 0.05) is 11.9 Å². The average Bonchev–Trinajstić information content (AvgIpc) is 2.92. The second-order valence-corrected chi connectivity index (χ2v) is 4.92. The van der Waals surface area contributed by atoms with Crippen molar-refractivity contribution in [1.29, 1.82) is 0 Å². The maximum atomic E-state index is 14.0. The van der Waals surface area contributed by atoms with Crippen LogP contribution in [0.1, 0.15) is 18.9 Å². The van der Waals surface area contributed by atoms with Gasteiger partial charge in [-0.3, -0.25) is 0 Å². The van der Waals surface area contributed by atoms with Crippen LogP contribution in [0, 0.1) is 12.7 Å². The zero-order valence-corrected chi connectivity index (χ0v) is 12.0. The maximum absolute atomic E-state index is 14.0. The number of hydrogen-bond acceptors (Lipinski definition) is 4. The second kappa shape index (κ2) is 5.52. The Morgan fingerprint density at radius 3 is 2.95 bits per heavy atom. The van der Waals surface area contributed by atoms with Crippen molar-refractivity contribution in [1.82, 2.24) is 9.97 Å². The molecule has 0 aliphatic heterocycles. The Morgan fingerprint density at radius 2 is 2.19 bits per heavy atom. The molecular weight excluding hydrogens is 269 g/mol. The second-order valence-electron chi connectivity index (χ2n) is 4.92. The van der Waals surface area contributed by atoms with Crippen LogP contribution >= 0.6 is 0 Å². The molecule has 0 fully saturated rings. The van der Waals surface area contributed by atoms with E-state index in [1.807, 2.05) is 32.0 Å². The summed E-state index contributed by atoms with van der Waals surface area (Å²) in [5.74, 6) is 0.331. The highest BCUT2D eigenvalue weighted by Crippen LogP contribution is 2.30. The number of furan rings is 1. The van der Waals surface area contributed by atoms with Crippen molar-refractivity contribution >= 4 is 16.9 Å². The summed E-state index contributed by atoms with van der Waals surface area (Å²) < 4.78 is 19.8. The van der Waals surface area contributed by atoms with Gasteiger partial charge in [0.15, 0.2) is 11.6 Å². The highest BCUT2D eigenvalue weighted by Gasteiger charge is 2.15. The lowest BCUT2D eigenvalue weighted by atomic mass is 10.2. The van der Waals surface area contributed by atoms with E-state index in [9.17, 15) is 4.39 Å². The fraction of sp³-hybridized carbons (Fsp3) is 0.250. The first-order chi connectivity index (χ1) is 10.2. The molecule has 0 atom stereocenters. The minimum atomic E-state index is -0.492. The summed E-state index contributed by atoms with van der Waals surface area (Å²) in [6.45, 7) is 4.74. The first kappa shape index (κ1) is 13.5. The summed E-state index contributed by atoms with van der Waals surface area (Å²) in [6, 6.07) is 7.64. The number of rotatable bonds is 4. The number of para-hydroxylation sites is 1. The maximum Gasteiger partial charge on any atom is 0.223 e. The van der Waals surface area contributed by atoms with Crippen LogP contribution in [0.25, 0.3) is 22.4 Å². The lowest BCUT2D eigenvalue weighted by Crippen LogP contribution is -2.05. The van der Waals surface area contributed by atoms with Gasteiger partial charge in [0.05, 0.1) is 6.20 Å². The Morgan fingerprint density at radius 1 is 1.33 bits per heavy atom. The molecule has 0 saturated heterocycles. The summed E-state index contributed by atoms with van der Waals surface area (Å²) in [5, 5.41) is 3.98.